The van der Waals surface area contributed by atoms with Gasteiger partial charge < -0.3 is 10.2 Å². The summed E-state index contributed by atoms with van der Waals surface area (Å²) in [7, 11) is 0. The number of hydrogen-bond donors (Lipinski definition) is 2. The topological polar surface area (TPSA) is 40.5 Å². The molecule has 2 heteroatoms. The average molecular weight is 319 g/mol. The van der Waals surface area contributed by atoms with Gasteiger partial charge in [-0.25, -0.2) is 0 Å². The Kier molecular flexibility index (Phi) is 3.74. The standard InChI is InChI=1S/C21H34O2/c1-19-10-4-3-5-15(19)6-7-16-17(19)8-11-20(2)18(16)9-12-21(20,23)13-14-22/h3-4,15-18,22-23H,5-14H2,1-2H3/t15?,16-,17+,18+,19+,20+,21+/m1/s1. The molecule has 4 rings (SSSR count). The predicted octanol–water partition coefficient (Wildman–Crippen LogP) is 4.31. The van der Waals surface area contributed by atoms with Gasteiger partial charge >= 0.3 is 0 Å². The molecule has 2 N–H and O–H groups in total. The maximum Gasteiger partial charge on any atom is 0.0725 e. The van der Waals surface area contributed by atoms with Gasteiger partial charge in [0, 0.05) is 6.61 Å². The molecule has 0 aromatic rings. The van der Waals surface area contributed by atoms with Gasteiger partial charge in [0.05, 0.1) is 5.60 Å². The summed E-state index contributed by atoms with van der Waals surface area (Å²) in [6.07, 6.45) is 15.2. The number of aliphatic hydroxyl groups is 2. The maximum absolute atomic E-state index is 11.3. The lowest BCUT2D eigenvalue weighted by Gasteiger charge is -2.60. The zero-order valence-corrected chi connectivity index (χ0v) is 14.9. The monoisotopic (exact) mass is 318 g/mol. The first kappa shape index (κ1) is 16.1. The van der Waals surface area contributed by atoms with Gasteiger partial charge in [0.2, 0.25) is 0 Å². The van der Waals surface area contributed by atoms with Gasteiger partial charge in [-0.2, -0.15) is 0 Å². The molecule has 2 nitrogen and oxygen atoms in total. The van der Waals surface area contributed by atoms with Crippen LogP contribution >= 0.6 is 0 Å². The SMILES string of the molecule is C[C@]12CC=CCC1CC[C@@H]1[C@@H]2CC[C@@]2(C)[C@H]1CC[C@]2(O)CCO. The van der Waals surface area contributed by atoms with Crippen LogP contribution in [0.2, 0.25) is 0 Å². The molecule has 3 fully saturated rings. The van der Waals surface area contributed by atoms with Crippen molar-refractivity contribution in [3.05, 3.63) is 12.2 Å². The van der Waals surface area contributed by atoms with Crippen molar-refractivity contribution in [2.45, 2.75) is 77.2 Å². The fourth-order valence-electron chi connectivity index (χ4n) is 7.54. The van der Waals surface area contributed by atoms with Gasteiger partial charge in [-0.05, 0) is 92.3 Å². The number of fused-ring (bicyclic) bond motifs is 5. The van der Waals surface area contributed by atoms with Crippen LogP contribution in [0, 0.1) is 34.5 Å². The summed E-state index contributed by atoms with van der Waals surface area (Å²) in [6.45, 7) is 5.03. The van der Waals surface area contributed by atoms with Crippen molar-refractivity contribution < 1.29 is 10.2 Å². The molecule has 0 heterocycles. The van der Waals surface area contributed by atoms with Crippen molar-refractivity contribution in [1.82, 2.24) is 0 Å². The summed E-state index contributed by atoms with van der Waals surface area (Å²) in [4.78, 5) is 0. The Morgan fingerprint density at radius 1 is 1.00 bits per heavy atom. The number of allylic oxidation sites excluding steroid dienone is 2. The van der Waals surface area contributed by atoms with Crippen molar-refractivity contribution in [3.63, 3.8) is 0 Å². The molecule has 3 saturated carbocycles. The van der Waals surface area contributed by atoms with Crippen molar-refractivity contribution in [3.8, 4) is 0 Å². The first-order chi connectivity index (χ1) is 10.9. The highest BCUT2D eigenvalue weighted by Crippen LogP contribution is 2.68. The minimum absolute atomic E-state index is 0.0323. The summed E-state index contributed by atoms with van der Waals surface area (Å²) >= 11 is 0. The maximum atomic E-state index is 11.3. The third-order valence-electron chi connectivity index (χ3n) is 9.06. The minimum Gasteiger partial charge on any atom is -0.396 e. The Bertz CT molecular complexity index is 500. The number of rotatable bonds is 2. The van der Waals surface area contributed by atoms with Crippen molar-refractivity contribution >= 4 is 0 Å². The van der Waals surface area contributed by atoms with Crippen LogP contribution < -0.4 is 0 Å². The van der Waals surface area contributed by atoms with Crippen molar-refractivity contribution in [2.75, 3.05) is 6.61 Å². The molecule has 0 aliphatic heterocycles. The zero-order chi connectivity index (χ0) is 16.3. The fraction of sp³-hybridized carbons (Fsp3) is 0.905. The zero-order valence-electron chi connectivity index (χ0n) is 14.9. The molecule has 0 aromatic heterocycles. The third-order valence-corrected chi connectivity index (χ3v) is 9.06. The highest BCUT2D eigenvalue weighted by Gasteiger charge is 2.63. The van der Waals surface area contributed by atoms with Gasteiger partial charge in [0.1, 0.15) is 0 Å². The second kappa shape index (κ2) is 5.33. The van der Waals surface area contributed by atoms with Crippen molar-refractivity contribution in [1.29, 1.82) is 0 Å². The van der Waals surface area contributed by atoms with Crippen LogP contribution in [0.4, 0.5) is 0 Å². The normalized spacial score (nSPS) is 55.1. The highest BCUT2D eigenvalue weighted by molar-refractivity contribution is 5.15. The van der Waals surface area contributed by atoms with Crippen molar-refractivity contribution in [2.24, 2.45) is 34.5 Å². The lowest BCUT2D eigenvalue weighted by Crippen LogP contribution is -2.56. The summed E-state index contributed by atoms with van der Waals surface area (Å²) in [6, 6.07) is 0. The molecule has 0 spiro atoms. The summed E-state index contributed by atoms with van der Waals surface area (Å²) in [5.41, 5.74) is -0.0944. The molecule has 0 amide bonds. The summed E-state index contributed by atoms with van der Waals surface area (Å²) in [5.74, 6) is 3.20. The Labute approximate surface area is 141 Å². The Morgan fingerprint density at radius 3 is 2.57 bits per heavy atom. The van der Waals surface area contributed by atoms with Gasteiger partial charge in [-0.1, -0.05) is 26.0 Å². The van der Waals surface area contributed by atoms with Crippen LogP contribution in [-0.2, 0) is 0 Å². The van der Waals surface area contributed by atoms with Crippen LogP contribution in [0.25, 0.3) is 0 Å². The Morgan fingerprint density at radius 2 is 1.78 bits per heavy atom. The highest BCUT2D eigenvalue weighted by atomic mass is 16.3. The molecule has 130 valence electrons. The van der Waals surface area contributed by atoms with E-state index in [1.54, 1.807) is 0 Å². The van der Waals surface area contributed by atoms with Crippen LogP contribution in [0.3, 0.4) is 0 Å². The fourth-order valence-corrected chi connectivity index (χ4v) is 7.54. The van der Waals surface area contributed by atoms with E-state index in [1.165, 1.54) is 38.5 Å². The van der Waals surface area contributed by atoms with E-state index in [4.69, 9.17) is 0 Å². The van der Waals surface area contributed by atoms with Crippen LogP contribution in [0.15, 0.2) is 12.2 Å². The molecule has 23 heavy (non-hydrogen) atoms. The van der Waals surface area contributed by atoms with E-state index in [9.17, 15) is 10.2 Å². The number of hydrogen-bond acceptors (Lipinski definition) is 2. The Balaban J connectivity index is 1.64. The van der Waals surface area contributed by atoms with E-state index in [0.29, 0.717) is 17.8 Å². The quantitative estimate of drug-likeness (QED) is 0.745. The molecule has 0 saturated heterocycles. The van der Waals surface area contributed by atoms with E-state index < -0.39 is 5.60 Å². The molecule has 7 atom stereocenters. The van der Waals surface area contributed by atoms with Gasteiger partial charge in [0.25, 0.3) is 0 Å². The lowest BCUT2D eigenvalue weighted by atomic mass is 9.45. The molecular weight excluding hydrogens is 284 g/mol. The summed E-state index contributed by atoms with van der Waals surface area (Å²) < 4.78 is 0. The van der Waals surface area contributed by atoms with Gasteiger partial charge in [-0.15, -0.1) is 0 Å². The van der Waals surface area contributed by atoms with Gasteiger partial charge in [-0.3, -0.25) is 0 Å². The van der Waals surface area contributed by atoms with E-state index in [1.807, 2.05) is 0 Å². The average Bonchev–Trinajstić information content (AvgIpc) is 2.79. The van der Waals surface area contributed by atoms with Crippen LogP contribution in [0.1, 0.15) is 71.6 Å². The molecule has 0 bridgehead atoms. The molecule has 4 aliphatic carbocycles. The second-order valence-electron chi connectivity index (χ2n) is 9.57. The molecule has 1 unspecified atom stereocenters. The molecular formula is C21H34O2. The van der Waals surface area contributed by atoms with E-state index in [2.05, 4.69) is 26.0 Å². The largest absolute Gasteiger partial charge is 0.396 e. The van der Waals surface area contributed by atoms with E-state index in [-0.39, 0.29) is 12.0 Å². The number of aliphatic hydroxyl groups excluding tert-OH is 1. The lowest BCUT2D eigenvalue weighted by molar-refractivity contribution is -0.150. The third kappa shape index (κ3) is 2.07. The smallest absolute Gasteiger partial charge is 0.0725 e. The molecule has 4 aliphatic rings. The van der Waals surface area contributed by atoms with E-state index in [0.717, 1.165) is 30.6 Å². The first-order valence-corrected chi connectivity index (χ1v) is 9.93. The minimum atomic E-state index is -0.623. The Hall–Kier alpha value is -0.340. The van der Waals surface area contributed by atoms with Crippen LogP contribution in [0.5, 0.6) is 0 Å². The second-order valence-corrected chi connectivity index (χ2v) is 9.57. The predicted molar refractivity (Wildman–Crippen MR) is 92.9 cm³/mol. The van der Waals surface area contributed by atoms with Gasteiger partial charge in [0.15, 0.2) is 0 Å². The molecule has 0 radical (unpaired) electrons. The van der Waals surface area contributed by atoms with E-state index >= 15 is 0 Å². The first-order valence-electron chi connectivity index (χ1n) is 9.93. The van der Waals surface area contributed by atoms with Crippen LogP contribution in [-0.4, -0.2) is 22.4 Å². The summed E-state index contributed by atoms with van der Waals surface area (Å²) in [5, 5.41) is 20.7. The molecule has 0 aromatic carbocycles.